The third-order valence-corrected chi connectivity index (χ3v) is 6.47. The Balaban J connectivity index is 1.52. The summed E-state index contributed by atoms with van der Waals surface area (Å²) >= 11 is 1.64. The first-order chi connectivity index (χ1) is 15.5. The van der Waals surface area contributed by atoms with Gasteiger partial charge in [0.2, 0.25) is 11.8 Å². The number of carbonyl (C=O) groups is 3. The Morgan fingerprint density at radius 1 is 1.00 bits per heavy atom. The Labute approximate surface area is 190 Å². The van der Waals surface area contributed by atoms with Crippen molar-refractivity contribution in [1.29, 1.82) is 0 Å². The molecule has 6 nitrogen and oxygen atoms in total. The molecule has 0 bridgehead atoms. The fourth-order valence-corrected chi connectivity index (χ4v) is 4.84. The number of hydrogen-bond donors (Lipinski definition) is 1. The molecule has 3 aromatic rings. The molecule has 0 saturated heterocycles. The lowest BCUT2D eigenvalue weighted by atomic mass is 10.1. The van der Waals surface area contributed by atoms with E-state index in [1.54, 1.807) is 40.9 Å². The number of amides is 2. The van der Waals surface area contributed by atoms with Crippen LogP contribution in [-0.2, 0) is 14.3 Å². The highest BCUT2D eigenvalue weighted by atomic mass is 32.2. The lowest BCUT2D eigenvalue weighted by molar-refractivity contribution is -0.121. The molecule has 4 rings (SSSR count). The van der Waals surface area contributed by atoms with Crippen LogP contribution in [0.3, 0.4) is 0 Å². The number of rotatable bonds is 5. The lowest BCUT2D eigenvalue weighted by Crippen LogP contribution is -2.38. The van der Waals surface area contributed by atoms with Gasteiger partial charge in [0, 0.05) is 22.3 Å². The molecule has 0 aliphatic carbocycles. The minimum atomic E-state index is -0.444. The molecule has 3 aromatic carbocycles. The van der Waals surface area contributed by atoms with Crippen molar-refractivity contribution in [2.75, 3.05) is 23.9 Å². The first-order valence-electron chi connectivity index (χ1n) is 10.1. The number of ether oxygens (including phenoxy) is 1. The summed E-state index contributed by atoms with van der Waals surface area (Å²) in [6.45, 7) is -0.101. The summed E-state index contributed by atoms with van der Waals surface area (Å²) in [6.07, 6.45) is 0.296. The number of hydrogen-bond acceptors (Lipinski definition) is 5. The molecule has 0 unspecified atom stereocenters. The number of carbonyl (C=O) groups excluding carboxylic acids is 3. The van der Waals surface area contributed by atoms with E-state index in [-0.39, 0.29) is 23.6 Å². The fourth-order valence-electron chi connectivity index (χ4n) is 3.56. The number of nitrogens with one attached hydrogen (secondary N) is 1. The number of benzene rings is 3. The number of esters is 1. The highest BCUT2D eigenvalue weighted by Gasteiger charge is 2.30. The van der Waals surface area contributed by atoms with Gasteiger partial charge in [-0.2, -0.15) is 0 Å². The molecule has 162 valence electrons. The van der Waals surface area contributed by atoms with Crippen molar-refractivity contribution in [3.63, 3.8) is 0 Å². The molecular weight excluding hydrogens is 424 g/mol. The highest BCUT2D eigenvalue weighted by Crippen LogP contribution is 2.45. The van der Waals surface area contributed by atoms with E-state index in [1.807, 2.05) is 54.6 Å². The SMILES string of the molecule is COC(=O)c1ccc(NC(=O)CN2C(=O)C[C@@H](c3ccccc3)Sc3ccccc32)cc1. The predicted molar refractivity (Wildman–Crippen MR) is 125 cm³/mol. The number of anilines is 2. The van der Waals surface area contributed by atoms with E-state index in [9.17, 15) is 14.4 Å². The van der Waals surface area contributed by atoms with Gasteiger partial charge >= 0.3 is 5.97 Å². The van der Waals surface area contributed by atoms with Gasteiger partial charge in [-0.15, -0.1) is 11.8 Å². The maximum atomic E-state index is 13.2. The Hall–Kier alpha value is -3.58. The summed E-state index contributed by atoms with van der Waals surface area (Å²) < 4.78 is 4.68. The zero-order valence-corrected chi connectivity index (χ0v) is 18.3. The van der Waals surface area contributed by atoms with E-state index < -0.39 is 5.97 Å². The van der Waals surface area contributed by atoms with Gasteiger partial charge in [0.05, 0.1) is 18.4 Å². The summed E-state index contributed by atoms with van der Waals surface area (Å²) in [4.78, 5) is 40.0. The molecule has 2 amide bonds. The molecule has 0 radical (unpaired) electrons. The van der Waals surface area contributed by atoms with Crippen LogP contribution in [-0.4, -0.2) is 31.4 Å². The van der Waals surface area contributed by atoms with Gasteiger partial charge in [-0.25, -0.2) is 4.79 Å². The maximum Gasteiger partial charge on any atom is 0.337 e. The van der Waals surface area contributed by atoms with Gasteiger partial charge in [0.25, 0.3) is 0 Å². The molecule has 0 aromatic heterocycles. The molecule has 1 atom stereocenters. The molecule has 1 aliphatic heterocycles. The minimum absolute atomic E-state index is 0.0243. The zero-order valence-electron chi connectivity index (χ0n) is 17.5. The van der Waals surface area contributed by atoms with Crippen LogP contribution in [0.15, 0.2) is 83.8 Å². The second kappa shape index (κ2) is 9.70. The van der Waals surface area contributed by atoms with Crippen molar-refractivity contribution in [3.05, 3.63) is 90.0 Å². The Bertz CT molecular complexity index is 1130. The molecule has 0 spiro atoms. The summed E-state index contributed by atoms with van der Waals surface area (Å²) in [5, 5.41) is 2.77. The van der Waals surface area contributed by atoms with Crippen LogP contribution >= 0.6 is 11.8 Å². The number of fused-ring (bicyclic) bond motifs is 1. The average Bonchev–Trinajstić information content (AvgIpc) is 2.96. The standard InChI is InChI=1S/C25H22N2O4S/c1-31-25(30)18-11-13-19(14-12-18)26-23(28)16-27-20-9-5-6-10-21(20)32-22(15-24(27)29)17-7-3-2-4-8-17/h2-14,22H,15-16H2,1H3,(H,26,28)/t22-/m0/s1. The smallest absolute Gasteiger partial charge is 0.337 e. The quantitative estimate of drug-likeness (QED) is 0.576. The molecule has 7 heteroatoms. The van der Waals surface area contributed by atoms with Crippen molar-refractivity contribution in [3.8, 4) is 0 Å². The highest BCUT2D eigenvalue weighted by molar-refractivity contribution is 7.99. The topological polar surface area (TPSA) is 75.7 Å². The van der Waals surface area contributed by atoms with E-state index in [2.05, 4.69) is 10.1 Å². The summed E-state index contributed by atoms with van der Waals surface area (Å²) in [7, 11) is 1.31. The molecule has 32 heavy (non-hydrogen) atoms. The average molecular weight is 447 g/mol. The molecule has 1 N–H and O–H groups in total. The van der Waals surface area contributed by atoms with Crippen LogP contribution in [0, 0.1) is 0 Å². The van der Waals surface area contributed by atoms with Crippen LogP contribution in [0.2, 0.25) is 0 Å². The Morgan fingerprint density at radius 3 is 2.41 bits per heavy atom. The largest absolute Gasteiger partial charge is 0.465 e. The monoisotopic (exact) mass is 446 g/mol. The molecule has 1 aliphatic rings. The van der Waals surface area contributed by atoms with Gasteiger partial charge in [-0.05, 0) is 42.0 Å². The van der Waals surface area contributed by atoms with Gasteiger partial charge in [0.15, 0.2) is 0 Å². The van der Waals surface area contributed by atoms with Gasteiger partial charge < -0.3 is 15.0 Å². The third kappa shape index (κ3) is 4.84. The van der Waals surface area contributed by atoms with E-state index in [0.717, 1.165) is 16.1 Å². The molecule has 0 fully saturated rings. The van der Waals surface area contributed by atoms with Crippen molar-refractivity contribution in [1.82, 2.24) is 0 Å². The van der Waals surface area contributed by atoms with Crippen molar-refractivity contribution in [2.45, 2.75) is 16.6 Å². The number of nitrogens with zero attached hydrogens (tertiary/aromatic N) is 1. The summed E-state index contributed by atoms with van der Waals surface area (Å²) in [5.74, 6) is -0.866. The Morgan fingerprint density at radius 2 is 1.69 bits per heavy atom. The van der Waals surface area contributed by atoms with Crippen molar-refractivity contribution in [2.24, 2.45) is 0 Å². The second-order valence-electron chi connectivity index (χ2n) is 7.29. The van der Waals surface area contributed by atoms with Crippen molar-refractivity contribution >= 4 is 40.9 Å². The number of para-hydroxylation sites is 1. The molecular formula is C25H22N2O4S. The Kier molecular flexibility index (Phi) is 6.56. The minimum Gasteiger partial charge on any atom is -0.465 e. The van der Waals surface area contributed by atoms with Crippen LogP contribution in [0.25, 0.3) is 0 Å². The van der Waals surface area contributed by atoms with E-state index in [1.165, 1.54) is 7.11 Å². The predicted octanol–water partition coefficient (Wildman–Crippen LogP) is 4.68. The summed E-state index contributed by atoms with van der Waals surface area (Å²) in [6, 6.07) is 24.0. The van der Waals surface area contributed by atoms with E-state index in [0.29, 0.717) is 17.7 Å². The van der Waals surface area contributed by atoms with Crippen LogP contribution in [0.5, 0.6) is 0 Å². The number of methoxy groups -OCH3 is 1. The maximum absolute atomic E-state index is 13.2. The van der Waals surface area contributed by atoms with Crippen LogP contribution in [0.1, 0.15) is 27.6 Å². The number of thioether (sulfide) groups is 1. The molecule has 0 saturated carbocycles. The van der Waals surface area contributed by atoms with Crippen LogP contribution < -0.4 is 10.2 Å². The van der Waals surface area contributed by atoms with Gasteiger partial charge in [0.1, 0.15) is 6.54 Å². The molecule has 1 heterocycles. The first kappa shape index (κ1) is 21.6. The third-order valence-electron chi connectivity index (χ3n) is 5.15. The lowest BCUT2D eigenvalue weighted by Gasteiger charge is -2.22. The van der Waals surface area contributed by atoms with E-state index in [4.69, 9.17) is 0 Å². The summed E-state index contributed by atoms with van der Waals surface area (Å²) in [5.41, 5.74) is 2.75. The van der Waals surface area contributed by atoms with Gasteiger partial charge in [-0.3, -0.25) is 9.59 Å². The van der Waals surface area contributed by atoms with E-state index >= 15 is 0 Å². The van der Waals surface area contributed by atoms with Gasteiger partial charge in [-0.1, -0.05) is 42.5 Å². The first-order valence-corrected chi connectivity index (χ1v) is 11.0. The van der Waals surface area contributed by atoms with Crippen molar-refractivity contribution < 1.29 is 19.1 Å². The normalized spacial score (nSPS) is 15.5. The van der Waals surface area contributed by atoms with Crippen LogP contribution in [0.4, 0.5) is 11.4 Å². The zero-order chi connectivity index (χ0) is 22.5. The second-order valence-corrected chi connectivity index (χ2v) is 8.53. The fraction of sp³-hybridized carbons (Fsp3) is 0.160.